The average molecular weight is 439 g/mol. The molecule has 8 heteroatoms. The Morgan fingerprint density at radius 2 is 1.80 bits per heavy atom. The summed E-state index contributed by atoms with van der Waals surface area (Å²) in [7, 11) is 0. The van der Waals surface area contributed by atoms with Crippen LogP contribution in [0.3, 0.4) is 0 Å². The van der Waals surface area contributed by atoms with E-state index in [1.54, 1.807) is 29.2 Å². The number of hydrogen-bond donors (Lipinski definition) is 1. The molecule has 0 aromatic heterocycles. The number of amides is 1. The minimum Gasteiger partial charge on any atom is -0.444 e. The highest BCUT2D eigenvalue weighted by atomic mass is 35.5. The van der Waals surface area contributed by atoms with E-state index >= 15 is 4.39 Å². The molecule has 1 aliphatic heterocycles. The Bertz CT molecular complexity index is 929. The monoisotopic (exact) mass is 438 g/mol. The molecule has 5 nitrogen and oxygen atoms in total. The molecule has 1 saturated heterocycles. The lowest BCUT2D eigenvalue weighted by atomic mass is 9.99. The van der Waals surface area contributed by atoms with Crippen LogP contribution in [-0.2, 0) is 11.3 Å². The molecule has 1 amide bonds. The number of ketones is 1. The zero-order chi connectivity index (χ0) is 21.1. The van der Waals surface area contributed by atoms with E-state index in [0.29, 0.717) is 24.2 Å². The number of nitrogens with one attached hydrogen (secondary N) is 1. The van der Waals surface area contributed by atoms with Gasteiger partial charge in [0.15, 0.2) is 5.78 Å². The SMILES string of the molecule is CC(=O)c1cccc(-c2ccc(F)c(COC(=O)N3[C@H](C)CNC[C@@H]3C)c2F)c1.Cl. The zero-order valence-corrected chi connectivity index (χ0v) is 17.9. The number of carbonyl (C=O) groups is 2. The lowest BCUT2D eigenvalue weighted by molar-refractivity contribution is 0.0552. The predicted molar refractivity (Wildman–Crippen MR) is 113 cm³/mol. The zero-order valence-electron chi connectivity index (χ0n) is 17.1. The summed E-state index contributed by atoms with van der Waals surface area (Å²) in [6, 6.07) is 8.76. The van der Waals surface area contributed by atoms with Crippen molar-refractivity contribution in [1.82, 2.24) is 10.2 Å². The minimum absolute atomic E-state index is 0. The predicted octanol–water partition coefficient (Wildman–Crippen LogP) is 4.58. The summed E-state index contributed by atoms with van der Waals surface area (Å²) in [5, 5.41) is 3.21. The van der Waals surface area contributed by atoms with Crippen molar-refractivity contribution >= 4 is 24.3 Å². The molecule has 2 atom stereocenters. The summed E-state index contributed by atoms with van der Waals surface area (Å²) in [6.45, 7) is 5.93. The molecule has 0 aliphatic carbocycles. The first kappa shape index (κ1) is 23.8. The van der Waals surface area contributed by atoms with E-state index in [-0.39, 0.29) is 41.4 Å². The second-order valence-electron chi connectivity index (χ2n) is 7.34. The molecule has 3 rings (SSSR count). The number of benzene rings is 2. The Morgan fingerprint density at radius 1 is 1.13 bits per heavy atom. The van der Waals surface area contributed by atoms with E-state index in [9.17, 15) is 14.0 Å². The standard InChI is InChI=1S/C22H24F2N2O3.ClH/c1-13-10-25-11-14(2)26(13)22(28)29-12-19-20(23)8-7-18(21(19)24)17-6-4-5-16(9-17)15(3)27;/h4-9,13-14,25H,10-12H2,1-3H3;1H/t13-,14+;. The third kappa shape index (κ3) is 4.96. The number of piperazine rings is 1. The van der Waals surface area contributed by atoms with E-state index in [4.69, 9.17) is 4.74 Å². The fourth-order valence-corrected chi connectivity index (χ4v) is 3.56. The normalized spacial score (nSPS) is 18.5. The highest BCUT2D eigenvalue weighted by Crippen LogP contribution is 2.28. The molecular formula is C22H25ClF2N2O3. The van der Waals surface area contributed by atoms with E-state index in [2.05, 4.69) is 5.32 Å². The van der Waals surface area contributed by atoms with Crippen molar-refractivity contribution in [2.24, 2.45) is 0 Å². The number of ether oxygens (including phenoxy) is 1. The number of Topliss-reactive ketones (excluding diaryl/α,β-unsaturated/α-hetero) is 1. The van der Waals surface area contributed by atoms with E-state index < -0.39 is 24.3 Å². The van der Waals surface area contributed by atoms with Gasteiger partial charge >= 0.3 is 6.09 Å². The molecule has 0 unspecified atom stereocenters. The van der Waals surface area contributed by atoms with Crippen LogP contribution in [0, 0.1) is 11.6 Å². The lowest BCUT2D eigenvalue weighted by Crippen LogP contribution is -2.57. The topological polar surface area (TPSA) is 58.6 Å². The molecule has 1 N–H and O–H groups in total. The summed E-state index contributed by atoms with van der Waals surface area (Å²) in [5.41, 5.74) is 0.706. The van der Waals surface area contributed by atoms with Crippen LogP contribution in [0.25, 0.3) is 11.1 Å². The number of rotatable bonds is 4. The Hall–Kier alpha value is -2.51. The number of hydrogen-bond acceptors (Lipinski definition) is 4. The molecule has 0 saturated carbocycles. The largest absolute Gasteiger partial charge is 0.444 e. The Morgan fingerprint density at radius 3 is 2.43 bits per heavy atom. The molecule has 30 heavy (non-hydrogen) atoms. The van der Waals surface area contributed by atoms with Crippen molar-refractivity contribution in [1.29, 1.82) is 0 Å². The van der Waals surface area contributed by atoms with Crippen molar-refractivity contribution in [3.63, 3.8) is 0 Å². The van der Waals surface area contributed by atoms with Crippen LogP contribution < -0.4 is 5.32 Å². The molecule has 1 fully saturated rings. The first-order valence-corrected chi connectivity index (χ1v) is 9.53. The van der Waals surface area contributed by atoms with Gasteiger partial charge in [0.05, 0.1) is 5.56 Å². The van der Waals surface area contributed by atoms with Crippen molar-refractivity contribution in [3.05, 3.63) is 59.2 Å². The molecular weight excluding hydrogens is 414 g/mol. The van der Waals surface area contributed by atoms with Crippen molar-refractivity contribution in [2.45, 2.75) is 39.5 Å². The summed E-state index contributed by atoms with van der Waals surface area (Å²) in [6.07, 6.45) is -0.603. The number of nitrogens with zero attached hydrogens (tertiary/aromatic N) is 1. The van der Waals surface area contributed by atoms with E-state index in [1.807, 2.05) is 13.8 Å². The van der Waals surface area contributed by atoms with Crippen molar-refractivity contribution in [2.75, 3.05) is 13.1 Å². The maximum atomic E-state index is 15.1. The molecule has 0 bridgehead atoms. The molecule has 0 radical (unpaired) electrons. The van der Waals surface area contributed by atoms with Crippen molar-refractivity contribution < 1.29 is 23.1 Å². The Labute approximate surface area is 180 Å². The number of carbonyl (C=O) groups excluding carboxylic acids is 2. The van der Waals surface area contributed by atoms with E-state index in [1.165, 1.54) is 13.0 Å². The second-order valence-corrected chi connectivity index (χ2v) is 7.34. The minimum atomic E-state index is -0.806. The third-order valence-electron chi connectivity index (χ3n) is 5.15. The van der Waals surface area contributed by atoms with Crippen LogP contribution in [0.4, 0.5) is 13.6 Å². The Kier molecular flexibility index (Phi) is 7.92. The van der Waals surface area contributed by atoms with Crippen LogP contribution in [0.2, 0.25) is 0 Å². The average Bonchev–Trinajstić information content (AvgIpc) is 2.68. The fraction of sp³-hybridized carbons (Fsp3) is 0.364. The van der Waals surface area contributed by atoms with Gasteiger partial charge in [0.2, 0.25) is 0 Å². The van der Waals surface area contributed by atoms with Gasteiger partial charge in [-0.05, 0) is 44.5 Å². The van der Waals surface area contributed by atoms with Crippen LogP contribution in [0.1, 0.15) is 36.7 Å². The van der Waals surface area contributed by atoms with Crippen LogP contribution in [-0.4, -0.2) is 41.9 Å². The highest BCUT2D eigenvalue weighted by molar-refractivity contribution is 5.95. The quantitative estimate of drug-likeness (QED) is 0.710. The van der Waals surface area contributed by atoms with Gasteiger partial charge in [0, 0.05) is 36.3 Å². The smallest absolute Gasteiger partial charge is 0.410 e. The van der Waals surface area contributed by atoms with Gasteiger partial charge in [0.25, 0.3) is 0 Å². The fourth-order valence-electron chi connectivity index (χ4n) is 3.56. The Balaban J connectivity index is 0.00000320. The third-order valence-corrected chi connectivity index (χ3v) is 5.15. The first-order chi connectivity index (χ1) is 13.8. The maximum absolute atomic E-state index is 15.1. The summed E-state index contributed by atoms with van der Waals surface area (Å²) in [4.78, 5) is 25.7. The highest BCUT2D eigenvalue weighted by Gasteiger charge is 2.30. The molecule has 0 spiro atoms. The van der Waals surface area contributed by atoms with Gasteiger partial charge in [-0.3, -0.25) is 4.79 Å². The van der Waals surface area contributed by atoms with Gasteiger partial charge in [-0.1, -0.05) is 18.2 Å². The van der Waals surface area contributed by atoms with Crippen LogP contribution in [0.15, 0.2) is 36.4 Å². The molecule has 162 valence electrons. The molecule has 1 aliphatic rings. The summed E-state index contributed by atoms with van der Waals surface area (Å²) < 4.78 is 34.6. The lowest BCUT2D eigenvalue weighted by Gasteiger charge is -2.38. The molecule has 2 aromatic carbocycles. The maximum Gasteiger partial charge on any atom is 0.410 e. The van der Waals surface area contributed by atoms with Gasteiger partial charge in [-0.25, -0.2) is 13.6 Å². The van der Waals surface area contributed by atoms with Crippen LogP contribution in [0.5, 0.6) is 0 Å². The summed E-state index contributed by atoms with van der Waals surface area (Å²) >= 11 is 0. The summed E-state index contributed by atoms with van der Waals surface area (Å²) in [5.74, 6) is -1.74. The molecule has 1 heterocycles. The van der Waals surface area contributed by atoms with Crippen molar-refractivity contribution in [3.8, 4) is 11.1 Å². The van der Waals surface area contributed by atoms with Gasteiger partial charge in [-0.2, -0.15) is 0 Å². The van der Waals surface area contributed by atoms with E-state index in [0.717, 1.165) is 6.07 Å². The van der Waals surface area contributed by atoms with Gasteiger partial charge in [-0.15, -0.1) is 12.4 Å². The van der Waals surface area contributed by atoms with Gasteiger partial charge < -0.3 is 15.0 Å². The molecule has 2 aromatic rings. The second kappa shape index (κ2) is 10.00. The first-order valence-electron chi connectivity index (χ1n) is 9.53. The number of halogens is 3. The van der Waals surface area contributed by atoms with Gasteiger partial charge in [0.1, 0.15) is 18.2 Å². The van der Waals surface area contributed by atoms with Crippen LogP contribution >= 0.6 is 12.4 Å².